The number of hydrogen-bond acceptors (Lipinski definition) is 5. The maximum atomic E-state index is 11.6. The topological polar surface area (TPSA) is 92.4 Å². The molecule has 17 heavy (non-hydrogen) atoms. The second-order valence-corrected chi connectivity index (χ2v) is 4.54. The van der Waals surface area contributed by atoms with E-state index in [1.54, 1.807) is 6.07 Å². The van der Waals surface area contributed by atoms with E-state index >= 15 is 0 Å². The number of nitrogens with one attached hydrogen (secondary N) is 1. The van der Waals surface area contributed by atoms with Gasteiger partial charge in [0.05, 0.1) is 0 Å². The lowest BCUT2D eigenvalue weighted by atomic mass is 10.4. The van der Waals surface area contributed by atoms with Gasteiger partial charge in [-0.3, -0.25) is 10.1 Å². The number of hydrogen-bond donors (Lipinski definition) is 2. The van der Waals surface area contributed by atoms with Gasteiger partial charge in [-0.1, -0.05) is 0 Å². The molecule has 0 fully saturated rings. The smallest absolute Gasteiger partial charge is 0.355 e. The van der Waals surface area contributed by atoms with Crippen LogP contribution < -0.4 is 5.32 Å². The van der Waals surface area contributed by atoms with E-state index in [4.69, 9.17) is 9.52 Å². The van der Waals surface area contributed by atoms with Gasteiger partial charge in [0.2, 0.25) is 0 Å². The zero-order valence-electron chi connectivity index (χ0n) is 8.14. The number of rotatable bonds is 3. The lowest BCUT2D eigenvalue weighted by Gasteiger charge is -1.96. The van der Waals surface area contributed by atoms with E-state index in [0.717, 1.165) is 11.3 Å². The highest BCUT2D eigenvalue weighted by Crippen LogP contribution is 2.18. The number of thiazole rings is 1. The van der Waals surface area contributed by atoms with Gasteiger partial charge in [-0.05, 0) is 28.1 Å². The minimum absolute atomic E-state index is 0.106. The van der Waals surface area contributed by atoms with Crippen LogP contribution in [0.1, 0.15) is 21.0 Å². The molecule has 0 aliphatic heterocycles. The van der Waals surface area contributed by atoms with E-state index < -0.39 is 11.9 Å². The number of carboxylic acid groups (broad SMARTS) is 1. The first-order valence-corrected chi connectivity index (χ1v) is 5.99. The molecule has 0 spiro atoms. The highest BCUT2D eigenvalue weighted by molar-refractivity contribution is 9.10. The number of carbonyl (C=O) groups excluding carboxylic acids is 1. The Bertz CT molecular complexity index is 577. The van der Waals surface area contributed by atoms with E-state index in [2.05, 4.69) is 26.2 Å². The van der Waals surface area contributed by atoms with Gasteiger partial charge in [0.25, 0.3) is 5.91 Å². The second kappa shape index (κ2) is 4.68. The van der Waals surface area contributed by atoms with Crippen LogP contribution in [-0.2, 0) is 0 Å². The molecule has 0 saturated carbocycles. The molecule has 0 unspecified atom stereocenters. The van der Waals surface area contributed by atoms with E-state index in [-0.39, 0.29) is 16.6 Å². The molecule has 2 N–H and O–H groups in total. The molecule has 0 radical (unpaired) electrons. The molecule has 0 atom stereocenters. The Morgan fingerprint density at radius 3 is 2.76 bits per heavy atom. The van der Waals surface area contributed by atoms with Crippen LogP contribution in [-0.4, -0.2) is 22.0 Å². The molecular formula is C9H5BrN2O4S. The Morgan fingerprint density at radius 1 is 1.47 bits per heavy atom. The lowest BCUT2D eigenvalue weighted by Crippen LogP contribution is -2.10. The van der Waals surface area contributed by atoms with Crippen molar-refractivity contribution in [1.82, 2.24) is 4.98 Å². The molecule has 8 heteroatoms. The number of halogens is 1. The number of aromatic carboxylic acids is 1. The maximum Gasteiger partial charge on any atom is 0.355 e. The Labute approximate surface area is 107 Å². The molecule has 0 bridgehead atoms. The molecule has 6 nitrogen and oxygen atoms in total. The minimum atomic E-state index is -1.14. The van der Waals surface area contributed by atoms with Gasteiger partial charge in [-0.25, -0.2) is 9.78 Å². The predicted octanol–water partition coefficient (Wildman–Crippen LogP) is 2.45. The zero-order valence-corrected chi connectivity index (χ0v) is 10.5. The average molecular weight is 317 g/mol. The summed E-state index contributed by atoms with van der Waals surface area (Å²) in [5.74, 6) is -1.51. The summed E-state index contributed by atoms with van der Waals surface area (Å²) in [7, 11) is 0. The van der Waals surface area contributed by atoms with Gasteiger partial charge < -0.3 is 9.52 Å². The molecule has 88 valence electrons. The second-order valence-electron chi connectivity index (χ2n) is 2.90. The highest BCUT2D eigenvalue weighted by atomic mass is 79.9. The van der Waals surface area contributed by atoms with Crippen molar-refractivity contribution in [1.29, 1.82) is 0 Å². The largest absolute Gasteiger partial charge is 0.476 e. The monoisotopic (exact) mass is 316 g/mol. The Balaban J connectivity index is 2.10. The summed E-state index contributed by atoms with van der Waals surface area (Å²) in [6.07, 6.45) is 0. The van der Waals surface area contributed by atoms with Crippen LogP contribution in [0.15, 0.2) is 26.6 Å². The number of nitrogens with zero attached hydrogens (tertiary/aromatic N) is 1. The normalized spacial score (nSPS) is 10.2. The quantitative estimate of drug-likeness (QED) is 0.907. The van der Waals surface area contributed by atoms with Crippen LogP contribution in [0.4, 0.5) is 5.13 Å². The molecule has 0 aliphatic carbocycles. The number of carboxylic acids is 1. The Hall–Kier alpha value is -1.67. The summed E-state index contributed by atoms with van der Waals surface area (Å²) in [5.41, 5.74) is -0.106. The fraction of sp³-hybridized carbons (Fsp3) is 0. The van der Waals surface area contributed by atoms with Crippen molar-refractivity contribution in [3.63, 3.8) is 0 Å². The van der Waals surface area contributed by atoms with Crippen LogP contribution in [0.25, 0.3) is 0 Å². The SMILES string of the molecule is O=C(O)c1csc(NC(=O)c2ccc(Br)o2)n1. The molecule has 2 rings (SSSR count). The van der Waals surface area contributed by atoms with Crippen molar-refractivity contribution in [3.05, 3.63) is 33.6 Å². The number of furan rings is 1. The number of amides is 1. The fourth-order valence-electron chi connectivity index (χ4n) is 1.02. The number of anilines is 1. The third-order valence-corrected chi connectivity index (χ3v) is 2.92. The van der Waals surface area contributed by atoms with Crippen molar-refractivity contribution >= 4 is 44.3 Å². The molecule has 0 aromatic carbocycles. The van der Waals surface area contributed by atoms with Crippen LogP contribution in [0.2, 0.25) is 0 Å². The maximum absolute atomic E-state index is 11.6. The summed E-state index contributed by atoms with van der Waals surface area (Å²) in [4.78, 5) is 25.9. The first-order valence-electron chi connectivity index (χ1n) is 4.32. The van der Waals surface area contributed by atoms with Crippen molar-refractivity contribution in [2.75, 3.05) is 5.32 Å². The summed E-state index contributed by atoms with van der Waals surface area (Å²) < 4.78 is 5.47. The fourth-order valence-corrected chi connectivity index (χ4v) is 2.01. The number of aromatic nitrogens is 1. The van der Waals surface area contributed by atoms with Crippen LogP contribution in [0.5, 0.6) is 0 Å². The van der Waals surface area contributed by atoms with Crippen LogP contribution >= 0.6 is 27.3 Å². The first kappa shape index (κ1) is 11.8. The molecular weight excluding hydrogens is 312 g/mol. The van der Waals surface area contributed by atoms with E-state index in [9.17, 15) is 9.59 Å². The lowest BCUT2D eigenvalue weighted by molar-refractivity contribution is 0.0691. The highest BCUT2D eigenvalue weighted by Gasteiger charge is 2.14. The van der Waals surface area contributed by atoms with Crippen LogP contribution in [0.3, 0.4) is 0 Å². The first-order chi connectivity index (χ1) is 8.06. The Morgan fingerprint density at radius 2 is 2.24 bits per heavy atom. The molecule has 1 amide bonds. The third-order valence-electron chi connectivity index (χ3n) is 1.74. The van der Waals surface area contributed by atoms with Crippen LogP contribution in [0, 0.1) is 0 Å². The van der Waals surface area contributed by atoms with Gasteiger partial charge in [0.1, 0.15) is 0 Å². The van der Waals surface area contributed by atoms with Crippen molar-refractivity contribution < 1.29 is 19.1 Å². The minimum Gasteiger partial charge on any atom is -0.476 e. The van der Waals surface area contributed by atoms with Crippen molar-refractivity contribution in [2.24, 2.45) is 0 Å². The number of carbonyl (C=O) groups is 2. The van der Waals surface area contributed by atoms with Gasteiger partial charge in [-0.15, -0.1) is 11.3 Å². The van der Waals surface area contributed by atoms with Gasteiger partial charge in [-0.2, -0.15) is 0 Å². The van der Waals surface area contributed by atoms with Gasteiger partial charge in [0, 0.05) is 5.38 Å². The molecule has 0 saturated heterocycles. The van der Waals surface area contributed by atoms with E-state index in [1.807, 2.05) is 0 Å². The van der Waals surface area contributed by atoms with E-state index in [0.29, 0.717) is 4.67 Å². The summed E-state index contributed by atoms with van der Waals surface area (Å²) in [6, 6.07) is 3.07. The summed E-state index contributed by atoms with van der Waals surface area (Å²) in [6.45, 7) is 0. The summed E-state index contributed by atoms with van der Waals surface area (Å²) in [5, 5.41) is 12.6. The van der Waals surface area contributed by atoms with Gasteiger partial charge >= 0.3 is 5.97 Å². The van der Waals surface area contributed by atoms with Gasteiger partial charge in [0.15, 0.2) is 21.3 Å². The average Bonchev–Trinajstić information content (AvgIpc) is 2.86. The predicted molar refractivity (Wildman–Crippen MR) is 63.4 cm³/mol. The Kier molecular flexibility index (Phi) is 3.25. The zero-order chi connectivity index (χ0) is 12.4. The van der Waals surface area contributed by atoms with Crippen molar-refractivity contribution in [3.8, 4) is 0 Å². The third kappa shape index (κ3) is 2.71. The standard InChI is InChI=1S/C9H5BrN2O4S/c10-6-2-1-5(16-6)7(13)12-9-11-4(3-17-9)8(14)15/h1-3H,(H,14,15)(H,11,12,13). The van der Waals surface area contributed by atoms with E-state index in [1.165, 1.54) is 11.4 Å². The molecule has 2 heterocycles. The molecule has 2 aromatic rings. The van der Waals surface area contributed by atoms with Crippen molar-refractivity contribution in [2.45, 2.75) is 0 Å². The molecule has 0 aliphatic rings. The molecule has 2 aromatic heterocycles. The summed E-state index contributed by atoms with van der Waals surface area (Å²) >= 11 is 4.10.